The molecule has 28 heavy (non-hydrogen) atoms. The third-order valence-corrected chi connectivity index (χ3v) is 5.26. The molecule has 1 atom stereocenters. The first-order valence-corrected chi connectivity index (χ1v) is 9.52. The quantitative estimate of drug-likeness (QED) is 0.656. The molecule has 0 aromatic carbocycles. The molecule has 5 rings (SSSR count). The van der Waals surface area contributed by atoms with Crippen LogP contribution in [-0.4, -0.2) is 74.7 Å². The smallest absolute Gasteiger partial charge is 0.257 e. The van der Waals surface area contributed by atoms with Crippen molar-refractivity contribution in [1.29, 1.82) is 0 Å². The zero-order valence-corrected chi connectivity index (χ0v) is 15.4. The SMILES string of the molecule is O=C(c1ccoc1)N1CCO[C@@H](Cn2nnc3c(N4CCCC4)ncnc32)C1. The minimum Gasteiger partial charge on any atom is -0.472 e. The fourth-order valence-corrected chi connectivity index (χ4v) is 3.84. The molecule has 5 heterocycles. The van der Waals surface area contributed by atoms with Gasteiger partial charge in [0, 0.05) is 26.2 Å². The average Bonchev–Trinajstić information content (AvgIpc) is 3.49. The minimum absolute atomic E-state index is 0.0517. The van der Waals surface area contributed by atoms with Crippen molar-refractivity contribution in [2.45, 2.75) is 25.5 Å². The number of rotatable bonds is 4. The summed E-state index contributed by atoms with van der Waals surface area (Å²) in [5, 5.41) is 8.60. The number of nitrogens with zero attached hydrogens (tertiary/aromatic N) is 7. The molecule has 2 saturated heterocycles. The first-order valence-electron chi connectivity index (χ1n) is 9.52. The molecule has 2 aliphatic heterocycles. The molecule has 10 heteroatoms. The van der Waals surface area contributed by atoms with Crippen molar-refractivity contribution >= 4 is 22.9 Å². The third kappa shape index (κ3) is 3.09. The van der Waals surface area contributed by atoms with Gasteiger partial charge in [-0.1, -0.05) is 5.21 Å². The summed E-state index contributed by atoms with van der Waals surface area (Å²) < 4.78 is 12.6. The minimum atomic E-state index is -0.181. The second-order valence-corrected chi connectivity index (χ2v) is 7.09. The van der Waals surface area contributed by atoms with Crippen molar-refractivity contribution in [2.75, 3.05) is 37.7 Å². The Hall–Kier alpha value is -3.01. The molecule has 0 spiro atoms. The van der Waals surface area contributed by atoms with E-state index in [-0.39, 0.29) is 12.0 Å². The van der Waals surface area contributed by atoms with Crippen LogP contribution >= 0.6 is 0 Å². The summed E-state index contributed by atoms with van der Waals surface area (Å²) in [6.45, 7) is 3.96. The maximum Gasteiger partial charge on any atom is 0.257 e. The molecule has 0 aliphatic carbocycles. The normalized spacial score (nSPS) is 20.2. The highest BCUT2D eigenvalue weighted by Crippen LogP contribution is 2.24. The Bertz CT molecular complexity index is 965. The van der Waals surface area contributed by atoms with E-state index in [1.807, 2.05) is 0 Å². The van der Waals surface area contributed by atoms with E-state index in [4.69, 9.17) is 9.15 Å². The molecule has 0 bridgehead atoms. The van der Waals surface area contributed by atoms with Gasteiger partial charge in [0.1, 0.15) is 12.6 Å². The molecule has 0 radical (unpaired) electrons. The lowest BCUT2D eigenvalue weighted by Crippen LogP contribution is -2.47. The summed E-state index contributed by atoms with van der Waals surface area (Å²) in [6.07, 6.45) is 6.68. The van der Waals surface area contributed by atoms with E-state index in [1.165, 1.54) is 12.5 Å². The number of anilines is 1. The highest BCUT2D eigenvalue weighted by Gasteiger charge is 2.27. The molecule has 0 unspecified atom stereocenters. The Morgan fingerprint density at radius 3 is 2.93 bits per heavy atom. The van der Waals surface area contributed by atoms with E-state index < -0.39 is 0 Å². The van der Waals surface area contributed by atoms with Gasteiger partial charge in [-0.25, -0.2) is 14.6 Å². The van der Waals surface area contributed by atoms with Crippen LogP contribution in [0.1, 0.15) is 23.2 Å². The first-order chi connectivity index (χ1) is 13.8. The fraction of sp³-hybridized carbons (Fsp3) is 0.500. The van der Waals surface area contributed by atoms with Gasteiger partial charge in [0.15, 0.2) is 17.0 Å². The number of carbonyl (C=O) groups is 1. The number of aromatic nitrogens is 5. The van der Waals surface area contributed by atoms with E-state index >= 15 is 0 Å². The number of fused-ring (bicyclic) bond motifs is 1. The highest BCUT2D eigenvalue weighted by molar-refractivity contribution is 5.93. The van der Waals surface area contributed by atoms with Gasteiger partial charge in [-0.3, -0.25) is 4.79 Å². The summed E-state index contributed by atoms with van der Waals surface area (Å²) in [7, 11) is 0. The second kappa shape index (κ2) is 7.19. The van der Waals surface area contributed by atoms with Crippen LogP contribution in [0, 0.1) is 0 Å². The fourth-order valence-electron chi connectivity index (χ4n) is 3.84. The summed E-state index contributed by atoms with van der Waals surface area (Å²) in [4.78, 5) is 25.4. The van der Waals surface area contributed by atoms with Gasteiger partial charge >= 0.3 is 0 Å². The van der Waals surface area contributed by atoms with E-state index in [0.717, 1.165) is 31.7 Å². The largest absolute Gasteiger partial charge is 0.472 e. The molecular formula is C18H21N7O3. The maximum absolute atomic E-state index is 12.6. The summed E-state index contributed by atoms with van der Waals surface area (Å²) in [5.41, 5.74) is 1.96. The molecule has 0 N–H and O–H groups in total. The average molecular weight is 383 g/mol. The number of hydrogen-bond donors (Lipinski definition) is 0. The van der Waals surface area contributed by atoms with Crippen LogP contribution in [-0.2, 0) is 11.3 Å². The van der Waals surface area contributed by atoms with Gasteiger partial charge < -0.3 is 19.0 Å². The van der Waals surface area contributed by atoms with Crippen LogP contribution in [0.2, 0.25) is 0 Å². The lowest BCUT2D eigenvalue weighted by Gasteiger charge is -2.32. The van der Waals surface area contributed by atoms with Crippen LogP contribution in [0.5, 0.6) is 0 Å². The molecule has 3 aromatic heterocycles. The second-order valence-electron chi connectivity index (χ2n) is 7.09. The zero-order valence-electron chi connectivity index (χ0n) is 15.4. The number of furan rings is 1. The maximum atomic E-state index is 12.6. The van der Waals surface area contributed by atoms with Crippen molar-refractivity contribution < 1.29 is 13.9 Å². The van der Waals surface area contributed by atoms with Crippen molar-refractivity contribution in [2.24, 2.45) is 0 Å². The number of ether oxygens (including phenoxy) is 1. The Balaban J connectivity index is 1.34. The van der Waals surface area contributed by atoms with E-state index in [0.29, 0.717) is 43.0 Å². The molecule has 2 aliphatic rings. The topological polar surface area (TPSA) is 102 Å². The predicted molar refractivity (Wildman–Crippen MR) is 98.9 cm³/mol. The molecule has 146 valence electrons. The van der Waals surface area contributed by atoms with Crippen molar-refractivity contribution in [3.8, 4) is 0 Å². The lowest BCUT2D eigenvalue weighted by atomic mass is 10.2. The third-order valence-electron chi connectivity index (χ3n) is 5.26. The Morgan fingerprint density at radius 1 is 1.21 bits per heavy atom. The Morgan fingerprint density at radius 2 is 2.11 bits per heavy atom. The molecule has 1 amide bonds. The monoisotopic (exact) mass is 383 g/mol. The van der Waals surface area contributed by atoms with Gasteiger partial charge in [0.25, 0.3) is 5.91 Å². The van der Waals surface area contributed by atoms with Crippen LogP contribution < -0.4 is 4.90 Å². The van der Waals surface area contributed by atoms with Gasteiger partial charge in [-0.15, -0.1) is 5.10 Å². The molecule has 10 nitrogen and oxygen atoms in total. The number of carbonyl (C=O) groups excluding carboxylic acids is 1. The predicted octanol–water partition coefficient (Wildman–Crippen LogP) is 0.956. The Kier molecular flexibility index (Phi) is 4.40. The van der Waals surface area contributed by atoms with Crippen molar-refractivity contribution in [3.05, 3.63) is 30.5 Å². The molecule has 0 saturated carbocycles. The summed E-state index contributed by atoms with van der Waals surface area (Å²) >= 11 is 0. The van der Waals surface area contributed by atoms with Gasteiger partial charge in [-0.05, 0) is 18.9 Å². The van der Waals surface area contributed by atoms with Crippen molar-refractivity contribution in [1.82, 2.24) is 29.9 Å². The van der Waals surface area contributed by atoms with E-state index in [2.05, 4.69) is 25.2 Å². The van der Waals surface area contributed by atoms with Gasteiger partial charge in [0.2, 0.25) is 0 Å². The lowest BCUT2D eigenvalue weighted by molar-refractivity contribution is -0.0297. The number of amides is 1. The molecule has 3 aromatic rings. The van der Waals surface area contributed by atoms with Gasteiger partial charge in [-0.2, -0.15) is 0 Å². The zero-order chi connectivity index (χ0) is 18.9. The van der Waals surface area contributed by atoms with E-state index in [9.17, 15) is 4.79 Å². The molecular weight excluding hydrogens is 362 g/mol. The van der Waals surface area contributed by atoms with Crippen molar-refractivity contribution in [3.63, 3.8) is 0 Å². The Labute approximate surface area is 161 Å². The van der Waals surface area contributed by atoms with Crippen LogP contribution in [0.4, 0.5) is 5.82 Å². The first kappa shape index (κ1) is 17.1. The van der Waals surface area contributed by atoms with Crippen LogP contribution in [0.15, 0.2) is 29.3 Å². The highest BCUT2D eigenvalue weighted by atomic mass is 16.5. The number of morpholine rings is 1. The summed E-state index contributed by atoms with van der Waals surface area (Å²) in [5.74, 6) is 0.791. The van der Waals surface area contributed by atoms with E-state index in [1.54, 1.807) is 22.0 Å². The number of hydrogen-bond acceptors (Lipinski definition) is 8. The van der Waals surface area contributed by atoms with Gasteiger partial charge in [0.05, 0.1) is 31.1 Å². The summed E-state index contributed by atoms with van der Waals surface area (Å²) in [6, 6.07) is 1.68. The van der Waals surface area contributed by atoms with Crippen LogP contribution in [0.25, 0.3) is 11.2 Å². The standard InChI is InChI=1S/C18H21N7O3/c26-18(13-3-7-27-11-13)24-6-8-28-14(9-24)10-25-17-15(21-22-25)16(19-12-20-17)23-4-1-2-5-23/h3,7,11-12,14H,1-2,4-6,8-10H2/t14-/m1/s1. The molecule has 2 fully saturated rings. The van der Waals surface area contributed by atoms with Crippen LogP contribution in [0.3, 0.4) is 0 Å².